The van der Waals surface area contributed by atoms with Crippen molar-refractivity contribution < 1.29 is 18.0 Å². The summed E-state index contributed by atoms with van der Waals surface area (Å²) >= 11 is 0. The second kappa shape index (κ2) is 7.14. The Bertz CT molecular complexity index is 340. The molecule has 0 aliphatic rings. The Kier molecular flexibility index (Phi) is 6.61. The maximum Gasteiger partial charge on any atom is 0.318 e. The van der Waals surface area contributed by atoms with Gasteiger partial charge in [0.05, 0.1) is 12.8 Å². The summed E-state index contributed by atoms with van der Waals surface area (Å²) in [7, 11) is -3.16. The van der Waals surface area contributed by atoms with Crippen LogP contribution in [0, 0.1) is 0 Å². The van der Waals surface area contributed by atoms with Crippen LogP contribution in [0.2, 0.25) is 0 Å². The summed E-state index contributed by atoms with van der Waals surface area (Å²) in [6.45, 7) is 0.708. The zero-order chi connectivity index (χ0) is 12.6. The quantitative estimate of drug-likeness (QED) is 0.379. The lowest BCUT2D eigenvalue weighted by atomic mass is 10.4. The van der Waals surface area contributed by atoms with Gasteiger partial charge in [-0.3, -0.25) is 10.1 Å². The van der Waals surface area contributed by atoms with Crippen LogP contribution in [0.4, 0.5) is 4.79 Å². The van der Waals surface area contributed by atoms with Gasteiger partial charge in [-0.25, -0.2) is 17.9 Å². The Balaban J connectivity index is 3.41. The number of carbonyl (C=O) groups is 2. The van der Waals surface area contributed by atoms with E-state index in [9.17, 15) is 18.0 Å². The highest BCUT2D eigenvalue weighted by molar-refractivity contribution is 7.88. The predicted molar refractivity (Wildman–Crippen MR) is 58.1 cm³/mol. The van der Waals surface area contributed by atoms with Crippen molar-refractivity contribution in [3.8, 4) is 0 Å². The van der Waals surface area contributed by atoms with Crippen molar-refractivity contribution in [1.82, 2.24) is 15.4 Å². The number of rotatable bonds is 7. The number of hydrogen-bond acceptors (Lipinski definition) is 5. The third-order valence-electron chi connectivity index (χ3n) is 1.44. The molecule has 0 unspecified atom stereocenters. The van der Waals surface area contributed by atoms with Crippen molar-refractivity contribution in [3.63, 3.8) is 0 Å². The number of carbonyl (C=O) groups excluding carboxylic acids is 2. The van der Waals surface area contributed by atoms with E-state index in [0.29, 0.717) is 19.5 Å². The van der Waals surface area contributed by atoms with Crippen molar-refractivity contribution in [3.05, 3.63) is 0 Å². The maximum absolute atomic E-state index is 10.9. The molecule has 3 amide bonds. The van der Waals surface area contributed by atoms with Crippen LogP contribution in [0.15, 0.2) is 0 Å². The molecule has 0 saturated carbocycles. The van der Waals surface area contributed by atoms with Crippen LogP contribution in [0.1, 0.15) is 6.42 Å². The van der Waals surface area contributed by atoms with Gasteiger partial charge < -0.3 is 11.1 Å². The lowest BCUT2D eigenvalue weighted by Crippen LogP contribution is -2.41. The van der Waals surface area contributed by atoms with E-state index in [0.717, 1.165) is 6.26 Å². The highest BCUT2D eigenvalue weighted by Crippen LogP contribution is 1.77. The van der Waals surface area contributed by atoms with Gasteiger partial charge in [-0.2, -0.15) is 0 Å². The molecular formula is C7H16N4O4S. The number of hydrogen-bond donors (Lipinski definition) is 4. The van der Waals surface area contributed by atoms with Gasteiger partial charge >= 0.3 is 6.03 Å². The van der Waals surface area contributed by atoms with Gasteiger partial charge in [0.1, 0.15) is 0 Å². The van der Waals surface area contributed by atoms with Gasteiger partial charge in [-0.1, -0.05) is 0 Å². The van der Waals surface area contributed by atoms with E-state index in [1.54, 1.807) is 0 Å². The third kappa shape index (κ3) is 10.9. The van der Waals surface area contributed by atoms with Crippen LogP contribution < -0.4 is 21.1 Å². The van der Waals surface area contributed by atoms with Crippen LogP contribution in [0.3, 0.4) is 0 Å². The molecule has 0 bridgehead atoms. The normalized spacial score (nSPS) is 11.1. The van der Waals surface area contributed by atoms with E-state index in [-0.39, 0.29) is 6.54 Å². The molecule has 5 N–H and O–H groups in total. The minimum absolute atomic E-state index is 0.0399. The molecule has 0 spiro atoms. The molecule has 0 aliphatic carbocycles. The highest BCUT2D eigenvalue weighted by atomic mass is 32.2. The molecule has 0 aromatic carbocycles. The van der Waals surface area contributed by atoms with Crippen molar-refractivity contribution in [2.45, 2.75) is 6.42 Å². The molecule has 16 heavy (non-hydrogen) atoms. The predicted octanol–water partition coefficient (Wildman–Crippen LogP) is -2.29. The zero-order valence-corrected chi connectivity index (χ0v) is 9.76. The number of urea groups is 1. The summed E-state index contributed by atoms with van der Waals surface area (Å²) < 4.78 is 23.6. The van der Waals surface area contributed by atoms with Gasteiger partial charge in [0.2, 0.25) is 15.9 Å². The summed E-state index contributed by atoms with van der Waals surface area (Å²) in [4.78, 5) is 21.1. The molecule has 0 aliphatic heterocycles. The van der Waals surface area contributed by atoms with E-state index in [4.69, 9.17) is 5.73 Å². The molecule has 0 heterocycles. The van der Waals surface area contributed by atoms with Crippen molar-refractivity contribution in [1.29, 1.82) is 0 Å². The molecule has 0 aromatic rings. The minimum Gasteiger partial charge on any atom is -0.351 e. The third-order valence-corrected chi connectivity index (χ3v) is 2.17. The van der Waals surface area contributed by atoms with Crippen molar-refractivity contribution in [2.24, 2.45) is 5.73 Å². The Hall–Kier alpha value is -1.19. The number of sulfonamides is 1. The Labute approximate surface area is 94.0 Å². The standard InChI is InChI=1S/C7H16N4O4S/c1-16(14,15)10-4-2-3-9-5-6(12)11-7(8)13/h9-10H,2-5H2,1H3,(H3,8,11,12,13). The summed E-state index contributed by atoms with van der Waals surface area (Å²) in [6.07, 6.45) is 1.61. The molecule has 0 radical (unpaired) electrons. The molecule has 0 fully saturated rings. The topological polar surface area (TPSA) is 130 Å². The fourth-order valence-corrected chi connectivity index (χ4v) is 1.37. The summed E-state index contributed by atoms with van der Waals surface area (Å²) in [5.41, 5.74) is 4.72. The molecule has 0 atom stereocenters. The maximum atomic E-state index is 10.9. The zero-order valence-electron chi connectivity index (χ0n) is 8.95. The van der Waals surface area contributed by atoms with Crippen molar-refractivity contribution >= 4 is 22.0 Å². The fraction of sp³-hybridized carbons (Fsp3) is 0.714. The average Bonchev–Trinajstić information content (AvgIpc) is 2.07. The summed E-state index contributed by atoms with van der Waals surface area (Å²) in [6, 6.07) is -0.898. The van der Waals surface area contributed by atoms with Gasteiger partial charge in [-0.05, 0) is 13.0 Å². The van der Waals surface area contributed by atoms with E-state index in [2.05, 4.69) is 10.0 Å². The number of primary amides is 1. The molecule has 8 nitrogen and oxygen atoms in total. The van der Waals surface area contributed by atoms with E-state index in [1.165, 1.54) is 0 Å². The summed E-state index contributed by atoms with van der Waals surface area (Å²) in [5.74, 6) is -0.524. The van der Waals surface area contributed by atoms with Gasteiger partial charge in [-0.15, -0.1) is 0 Å². The SMILES string of the molecule is CS(=O)(=O)NCCCNCC(=O)NC(N)=O. The van der Waals surface area contributed by atoms with E-state index in [1.807, 2.05) is 5.32 Å². The largest absolute Gasteiger partial charge is 0.351 e. The van der Waals surface area contributed by atoms with Gasteiger partial charge in [0.25, 0.3) is 0 Å². The molecule has 0 rings (SSSR count). The monoisotopic (exact) mass is 252 g/mol. The van der Waals surface area contributed by atoms with Crippen LogP contribution in [-0.4, -0.2) is 46.2 Å². The summed E-state index contributed by atoms with van der Waals surface area (Å²) in [5, 5.41) is 4.61. The Morgan fingerprint density at radius 2 is 1.88 bits per heavy atom. The van der Waals surface area contributed by atoms with E-state index < -0.39 is 22.0 Å². The molecule has 0 saturated heterocycles. The first kappa shape index (κ1) is 14.8. The number of imide groups is 1. The minimum atomic E-state index is -3.16. The Morgan fingerprint density at radius 3 is 2.38 bits per heavy atom. The highest BCUT2D eigenvalue weighted by Gasteiger charge is 2.03. The second-order valence-corrected chi connectivity index (χ2v) is 4.94. The Morgan fingerprint density at radius 1 is 1.25 bits per heavy atom. The number of nitrogens with two attached hydrogens (primary N) is 1. The lowest BCUT2D eigenvalue weighted by molar-refractivity contribution is -0.119. The van der Waals surface area contributed by atoms with Gasteiger partial charge in [0.15, 0.2) is 0 Å². The first-order valence-corrected chi connectivity index (χ1v) is 6.45. The number of nitrogens with one attached hydrogen (secondary N) is 3. The van der Waals surface area contributed by atoms with E-state index >= 15 is 0 Å². The smallest absolute Gasteiger partial charge is 0.318 e. The molecule has 94 valence electrons. The average molecular weight is 252 g/mol. The number of amides is 3. The first-order valence-electron chi connectivity index (χ1n) is 4.56. The van der Waals surface area contributed by atoms with Crippen molar-refractivity contribution in [2.75, 3.05) is 25.9 Å². The molecule has 9 heteroatoms. The second-order valence-electron chi connectivity index (χ2n) is 3.11. The molecular weight excluding hydrogens is 236 g/mol. The van der Waals surface area contributed by atoms with Crippen LogP contribution in [0.5, 0.6) is 0 Å². The molecule has 0 aromatic heterocycles. The van der Waals surface area contributed by atoms with Crippen LogP contribution in [-0.2, 0) is 14.8 Å². The fourth-order valence-electron chi connectivity index (χ4n) is 0.854. The first-order chi connectivity index (χ1) is 7.31. The van der Waals surface area contributed by atoms with Crippen LogP contribution in [0.25, 0.3) is 0 Å². The lowest BCUT2D eigenvalue weighted by Gasteiger charge is -2.04. The van der Waals surface area contributed by atoms with Gasteiger partial charge in [0, 0.05) is 6.54 Å². The van der Waals surface area contributed by atoms with Crippen LogP contribution >= 0.6 is 0 Å².